The zero-order chi connectivity index (χ0) is 7.28. The van der Waals surface area contributed by atoms with E-state index in [0.29, 0.717) is 0 Å². The summed E-state index contributed by atoms with van der Waals surface area (Å²) < 4.78 is 14.1. The van der Waals surface area contributed by atoms with Crippen LogP contribution in [0.1, 0.15) is 0 Å². The molecule has 9 heavy (non-hydrogen) atoms. The van der Waals surface area contributed by atoms with Crippen LogP contribution < -0.4 is 0 Å². The molecule has 0 aromatic rings. The Bertz CT molecular complexity index is 162. The number of nitrogens with zero attached hydrogens (tertiary/aromatic N) is 1. The second kappa shape index (κ2) is 4.28. The molecule has 0 aliphatic heterocycles. The minimum Gasteiger partial charge on any atom is -0.326 e. The molecule has 0 aromatic carbocycles. The summed E-state index contributed by atoms with van der Waals surface area (Å²) in [6.45, 7) is 3.20. The van der Waals surface area contributed by atoms with Gasteiger partial charge in [0.15, 0.2) is 6.10 Å². The first-order chi connectivity index (χ1) is 4.20. The van der Waals surface area contributed by atoms with Gasteiger partial charge in [0, 0.05) is 0 Å². The van der Waals surface area contributed by atoms with E-state index in [4.69, 9.17) is 10.2 Å². The minimum absolute atomic E-state index is 0.971. The van der Waals surface area contributed by atoms with E-state index >= 15 is 0 Å². The van der Waals surface area contributed by atoms with Crippen molar-refractivity contribution in [2.24, 2.45) is 0 Å². The van der Waals surface area contributed by atoms with E-state index in [1.807, 2.05) is 0 Å². The minimum atomic E-state index is -3.00. The summed E-state index contributed by atoms with van der Waals surface area (Å²) in [7, 11) is -3.00. The van der Waals surface area contributed by atoms with Crippen LogP contribution in [0.25, 0.3) is 0 Å². The smallest absolute Gasteiger partial charge is 0.318 e. The van der Waals surface area contributed by atoms with Crippen LogP contribution in [0, 0.1) is 11.3 Å². The summed E-state index contributed by atoms with van der Waals surface area (Å²) in [5.41, 5.74) is 0. The van der Waals surface area contributed by atoms with Gasteiger partial charge in [-0.05, 0) is 6.08 Å². The Kier molecular flexibility index (Phi) is 3.98. The standard InChI is InChI=1S/C4H6NO3P/c1-2-4(3-5)8-9(6)7/h2,4,9H,1H2,(H,6,7). The van der Waals surface area contributed by atoms with E-state index < -0.39 is 14.4 Å². The molecule has 5 heteroatoms. The number of nitriles is 1. The van der Waals surface area contributed by atoms with Crippen molar-refractivity contribution in [3.8, 4) is 6.07 Å². The molecule has 0 saturated carbocycles. The molecule has 0 amide bonds. The number of rotatable bonds is 3. The number of hydrogen-bond donors (Lipinski definition) is 1. The molecule has 4 nitrogen and oxygen atoms in total. The van der Waals surface area contributed by atoms with E-state index in [9.17, 15) is 4.57 Å². The molecule has 0 saturated heterocycles. The first-order valence-corrected chi connectivity index (χ1v) is 3.39. The van der Waals surface area contributed by atoms with Crippen molar-refractivity contribution in [2.45, 2.75) is 6.10 Å². The second-order valence-corrected chi connectivity index (χ2v) is 1.94. The third kappa shape index (κ3) is 3.92. The zero-order valence-electron chi connectivity index (χ0n) is 4.57. The van der Waals surface area contributed by atoms with Gasteiger partial charge in [0.05, 0.1) is 6.07 Å². The Balaban J connectivity index is 3.73. The SMILES string of the molecule is C=CC(C#N)O[PH](=O)O. The lowest BCUT2D eigenvalue weighted by Crippen LogP contribution is -1.98. The van der Waals surface area contributed by atoms with Crippen LogP contribution in [0.4, 0.5) is 0 Å². The fourth-order valence-corrected chi connectivity index (χ4v) is 0.602. The summed E-state index contributed by atoms with van der Waals surface area (Å²) in [4.78, 5) is 8.11. The van der Waals surface area contributed by atoms with E-state index in [1.165, 1.54) is 0 Å². The van der Waals surface area contributed by atoms with Gasteiger partial charge in [-0.2, -0.15) is 5.26 Å². The molecule has 0 fully saturated rings. The molecule has 0 radical (unpaired) electrons. The third-order valence-electron chi connectivity index (χ3n) is 0.569. The predicted molar refractivity (Wildman–Crippen MR) is 31.9 cm³/mol. The van der Waals surface area contributed by atoms with E-state index in [-0.39, 0.29) is 0 Å². The highest BCUT2D eigenvalue weighted by atomic mass is 31.1. The highest BCUT2D eigenvalue weighted by Crippen LogP contribution is 2.17. The van der Waals surface area contributed by atoms with Crippen molar-refractivity contribution in [3.05, 3.63) is 12.7 Å². The molecule has 0 aliphatic rings. The van der Waals surface area contributed by atoms with Gasteiger partial charge in [-0.25, -0.2) is 0 Å². The highest BCUT2D eigenvalue weighted by Gasteiger charge is 2.02. The Morgan fingerprint density at radius 2 is 2.56 bits per heavy atom. The Hall–Kier alpha value is -0.620. The average Bonchev–Trinajstić information content (AvgIpc) is 1.82. The highest BCUT2D eigenvalue weighted by molar-refractivity contribution is 7.32. The zero-order valence-corrected chi connectivity index (χ0v) is 5.57. The summed E-state index contributed by atoms with van der Waals surface area (Å²) in [5.74, 6) is 0. The van der Waals surface area contributed by atoms with Crippen molar-refractivity contribution in [2.75, 3.05) is 0 Å². The van der Waals surface area contributed by atoms with Gasteiger partial charge < -0.3 is 4.89 Å². The molecule has 0 aliphatic carbocycles. The Labute approximate surface area is 53.3 Å². The van der Waals surface area contributed by atoms with Gasteiger partial charge in [-0.3, -0.25) is 9.09 Å². The Morgan fingerprint density at radius 1 is 2.00 bits per heavy atom. The second-order valence-electron chi connectivity index (χ2n) is 1.17. The normalized spacial score (nSPS) is 15.6. The van der Waals surface area contributed by atoms with Crippen LogP contribution in [-0.2, 0) is 9.09 Å². The van der Waals surface area contributed by atoms with E-state index in [0.717, 1.165) is 6.08 Å². The maximum Gasteiger partial charge on any atom is 0.318 e. The molecule has 2 atom stereocenters. The first kappa shape index (κ1) is 8.38. The Morgan fingerprint density at radius 3 is 2.67 bits per heavy atom. The molecular weight excluding hydrogens is 141 g/mol. The molecule has 1 N–H and O–H groups in total. The molecule has 50 valence electrons. The molecule has 0 rings (SSSR count). The molecule has 0 spiro atoms. The van der Waals surface area contributed by atoms with Gasteiger partial charge >= 0.3 is 8.25 Å². The molecule has 2 unspecified atom stereocenters. The summed E-state index contributed by atoms with van der Waals surface area (Å²) in [6.07, 6.45) is 0.181. The predicted octanol–water partition coefficient (Wildman–Crippen LogP) is 0.463. The van der Waals surface area contributed by atoms with Crippen molar-refractivity contribution in [1.82, 2.24) is 0 Å². The first-order valence-electron chi connectivity index (χ1n) is 2.12. The van der Waals surface area contributed by atoms with Crippen LogP contribution >= 0.6 is 8.25 Å². The third-order valence-corrected chi connectivity index (χ3v) is 1.02. The quantitative estimate of drug-likeness (QED) is 0.465. The summed E-state index contributed by atoms with van der Waals surface area (Å²) in [5, 5.41) is 8.09. The maximum atomic E-state index is 9.89. The molecule has 0 bridgehead atoms. The largest absolute Gasteiger partial charge is 0.326 e. The average molecular weight is 147 g/mol. The molecule has 0 heterocycles. The monoisotopic (exact) mass is 147 g/mol. The van der Waals surface area contributed by atoms with Crippen molar-refractivity contribution in [3.63, 3.8) is 0 Å². The van der Waals surface area contributed by atoms with Crippen molar-refractivity contribution >= 4 is 8.25 Å². The van der Waals surface area contributed by atoms with Gasteiger partial charge in [0.25, 0.3) is 0 Å². The van der Waals surface area contributed by atoms with Gasteiger partial charge in [-0.1, -0.05) is 6.58 Å². The van der Waals surface area contributed by atoms with Crippen molar-refractivity contribution in [1.29, 1.82) is 5.26 Å². The molecular formula is C4H6NO3P. The van der Waals surface area contributed by atoms with Gasteiger partial charge in [-0.15, -0.1) is 0 Å². The van der Waals surface area contributed by atoms with Crippen LogP contribution in [0.2, 0.25) is 0 Å². The van der Waals surface area contributed by atoms with Gasteiger partial charge in [0.2, 0.25) is 0 Å². The van der Waals surface area contributed by atoms with E-state index in [1.54, 1.807) is 6.07 Å². The summed E-state index contributed by atoms with van der Waals surface area (Å²) in [6, 6.07) is 1.61. The molecule has 0 aromatic heterocycles. The lowest BCUT2D eigenvalue weighted by Gasteiger charge is -1.98. The van der Waals surface area contributed by atoms with Crippen LogP contribution in [0.5, 0.6) is 0 Å². The number of hydrogen-bond acceptors (Lipinski definition) is 3. The van der Waals surface area contributed by atoms with Gasteiger partial charge in [0.1, 0.15) is 0 Å². The topological polar surface area (TPSA) is 70.3 Å². The van der Waals surface area contributed by atoms with Crippen molar-refractivity contribution < 1.29 is 14.0 Å². The lowest BCUT2D eigenvalue weighted by atomic mass is 10.4. The maximum absolute atomic E-state index is 9.89. The fraction of sp³-hybridized carbons (Fsp3) is 0.250. The van der Waals surface area contributed by atoms with Crippen LogP contribution in [0.3, 0.4) is 0 Å². The fourth-order valence-electron chi connectivity index (χ4n) is 0.236. The summed E-state index contributed by atoms with van der Waals surface area (Å²) >= 11 is 0. The van der Waals surface area contributed by atoms with E-state index in [2.05, 4.69) is 11.1 Å². The van der Waals surface area contributed by atoms with Crippen LogP contribution in [-0.4, -0.2) is 11.0 Å². The lowest BCUT2D eigenvalue weighted by molar-refractivity contribution is 0.270. The van der Waals surface area contributed by atoms with Crippen LogP contribution in [0.15, 0.2) is 12.7 Å².